The summed E-state index contributed by atoms with van der Waals surface area (Å²) in [5.74, 6) is 1.66. The van der Waals surface area contributed by atoms with Crippen LogP contribution in [0.15, 0.2) is 79.0 Å². The molecule has 4 aromatic rings. The van der Waals surface area contributed by atoms with Crippen molar-refractivity contribution in [1.29, 1.82) is 0 Å². The van der Waals surface area contributed by atoms with Crippen LogP contribution in [0.25, 0.3) is 22.0 Å². The van der Waals surface area contributed by atoms with E-state index in [-0.39, 0.29) is 0 Å². The summed E-state index contributed by atoms with van der Waals surface area (Å²) >= 11 is 0. The molecule has 0 fully saturated rings. The smallest absolute Gasteiger partial charge is 0.118 e. The van der Waals surface area contributed by atoms with Gasteiger partial charge in [-0.3, -0.25) is 0 Å². The number of hydrogen-bond donors (Lipinski definition) is 1. The number of para-hydroxylation sites is 1. The number of rotatable bonds is 10. The first kappa shape index (κ1) is 25.5. The van der Waals surface area contributed by atoms with Gasteiger partial charge in [0.1, 0.15) is 11.5 Å². The van der Waals surface area contributed by atoms with E-state index in [4.69, 9.17) is 9.47 Å². The van der Waals surface area contributed by atoms with E-state index >= 15 is 0 Å². The maximum Gasteiger partial charge on any atom is 0.118 e. The second-order valence-electron chi connectivity index (χ2n) is 9.29. The molecule has 0 amide bonds. The first-order valence-corrected chi connectivity index (χ1v) is 12.4. The van der Waals surface area contributed by atoms with Gasteiger partial charge in [-0.05, 0) is 73.1 Å². The molecule has 188 valence electrons. The summed E-state index contributed by atoms with van der Waals surface area (Å²) in [5.41, 5.74) is 7.00. The molecule has 0 aliphatic rings. The minimum Gasteiger partial charge on any atom is -0.497 e. The van der Waals surface area contributed by atoms with Crippen LogP contribution < -0.4 is 9.47 Å². The van der Waals surface area contributed by atoms with Gasteiger partial charge in [0.25, 0.3) is 0 Å². The molecule has 1 N–H and O–H groups in total. The van der Waals surface area contributed by atoms with E-state index < -0.39 is 6.10 Å². The van der Waals surface area contributed by atoms with Gasteiger partial charge in [-0.1, -0.05) is 49.4 Å². The molecule has 0 bridgehead atoms. The molecule has 1 heterocycles. The quantitative estimate of drug-likeness (QED) is 0.302. The van der Waals surface area contributed by atoms with Gasteiger partial charge in [-0.15, -0.1) is 0 Å². The Hall–Kier alpha value is -3.54. The lowest BCUT2D eigenvalue weighted by Gasteiger charge is -2.17. The van der Waals surface area contributed by atoms with Crippen LogP contribution in [-0.4, -0.2) is 55.5 Å². The van der Waals surface area contributed by atoms with Crippen molar-refractivity contribution in [3.63, 3.8) is 0 Å². The van der Waals surface area contributed by atoms with Gasteiger partial charge in [0.05, 0.1) is 20.3 Å². The third kappa shape index (κ3) is 5.48. The fourth-order valence-corrected chi connectivity index (χ4v) is 4.88. The third-order valence-corrected chi connectivity index (χ3v) is 6.51. The van der Waals surface area contributed by atoms with Gasteiger partial charge in [-0.2, -0.15) is 0 Å². The van der Waals surface area contributed by atoms with Gasteiger partial charge in [0, 0.05) is 35.8 Å². The highest BCUT2D eigenvalue weighted by Crippen LogP contribution is 2.39. The minimum atomic E-state index is -0.458. The standard InChI is InChI=1S/C31H36N2O3/c1-6-27(29-21-33(20-24(34)19-32(2)3)30-10-8-7-9-28(29)30)31(22-11-15-25(35-4)16-12-22)23-13-17-26(36-5)18-14-23/h7-18,21,24,34H,6,19-20H2,1-5H3/t24-/m1/s1. The first-order valence-electron chi connectivity index (χ1n) is 12.4. The lowest BCUT2D eigenvalue weighted by atomic mass is 9.88. The second-order valence-corrected chi connectivity index (χ2v) is 9.29. The number of likely N-dealkylation sites (N-methyl/N-ethyl adjacent to an activating group) is 1. The summed E-state index contributed by atoms with van der Waals surface area (Å²) in [6.07, 6.45) is 2.59. The summed E-state index contributed by atoms with van der Waals surface area (Å²) in [4.78, 5) is 2.01. The number of nitrogens with zero attached hydrogens (tertiary/aromatic N) is 2. The Labute approximate surface area is 214 Å². The predicted molar refractivity (Wildman–Crippen MR) is 149 cm³/mol. The molecule has 5 heteroatoms. The van der Waals surface area contributed by atoms with Crippen molar-refractivity contribution >= 4 is 22.0 Å². The van der Waals surface area contributed by atoms with Crippen molar-refractivity contribution < 1.29 is 14.6 Å². The van der Waals surface area contributed by atoms with E-state index in [2.05, 4.69) is 66.2 Å². The molecule has 4 rings (SSSR count). The normalized spacial score (nSPS) is 12.1. The predicted octanol–water partition coefficient (Wildman–Crippen LogP) is 5.95. The zero-order valence-electron chi connectivity index (χ0n) is 21.9. The molecular formula is C31H36N2O3. The Bertz CT molecular complexity index is 1270. The molecule has 0 radical (unpaired) electrons. The molecular weight excluding hydrogens is 448 g/mol. The molecule has 3 aromatic carbocycles. The number of aliphatic hydroxyl groups excluding tert-OH is 1. The monoisotopic (exact) mass is 484 g/mol. The van der Waals surface area contributed by atoms with Crippen molar-refractivity contribution in [2.45, 2.75) is 26.0 Å². The summed E-state index contributed by atoms with van der Waals surface area (Å²) in [7, 11) is 7.34. The van der Waals surface area contributed by atoms with Gasteiger partial charge < -0.3 is 24.0 Å². The highest BCUT2D eigenvalue weighted by Gasteiger charge is 2.19. The van der Waals surface area contributed by atoms with Crippen molar-refractivity contribution in [1.82, 2.24) is 9.47 Å². The number of aliphatic hydroxyl groups is 1. The molecule has 1 atom stereocenters. The Kier molecular flexibility index (Phi) is 8.14. The maximum absolute atomic E-state index is 10.7. The average molecular weight is 485 g/mol. The van der Waals surface area contributed by atoms with Crippen LogP contribution in [0.1, 0.15) is 30.0 Å². The van der Waals surface area contributed by atoms with Crippen molar-refractivity contribution in [3.05, 3.63) is 95.7 Å². The van der Waals surface area contributed by atoms with Crippen LogP contribution in [0.5, 0.6) is 11.5 Å². The highest BCUT2D eigenvalue weighted by molar-refractivity contribution is 6.05. The van der Waals surface area contributed by atoms with Gasteiger partial charge in [-0.25, -0.2) is 0 Å². The summed E-state index contributed by atoms with van der Waals surface area (Å²) in [6.45, 7) is 3.35. The van der Waals surface area contributed by atoms with Crippen LogP contribution in [-0.2, 0) is 6.54 Å². The Morgan fingerprint density at radius 1 is 0.861 bits per heavy atom. The lowest BCUT2D eigenvalue weighted by molar-refractivity contribution is 0.121. The third-order valence-electron chi connectivity index (χ3n) is 6.51. The number of aromatic nitrogens is 1. The summed E-state index contributed by atoms with van der Waals surface area (Å²) < 4.78 is 13.0. The van der Waals surface area contributed by atoms with Crippen LogP contribution >= 0.6 is 0 Å². The molecule has 5 nitrogen and oxygen atoms in total. The largest absolute Gasteiger partial charge is 0.497 e. The second kappa shape index (κ2) is 11.5. The number of fused-ring (bicyclic) bond motifs is 1. The van der Waals surface area contributed by atoms with E-state index in [1.165, 1.54) is 22.1 Å². The Balaban J connectivity index is 1.93. The van der Waals surface area contributed by atoms with E-state index in [9.17, 15) is 5.11 Å². The number of hydrogen-bond acceptors (Lipinski definition) is 4. The fourth-order valence-electron chi connectivity index (χ4n) is 4.88. The molecule has 0 unspecified atom stereocenters. The van der Waals surface area contributed by atoms with E-state index in [0.29, 0.717) is 13.1 Å². The highest BCUT2D eigenvalue weighted by atomic mass is 16.5. The van der Waals surface area contributed by atoms with Gasteiger partial charge >= 0.3 is 0 Å². The van der Waals surface area contributed by atoms with Gasteiger partial charge in [0.2, 0.25) is 0 Å². The molecule has 0 spiro atoms. The maximum atomic E-state index is 10.7. The fraction of sp³-hybridized carbons (Fsp3) is 0.290. The Morgan fingerprint density at radius 2 is 1.42 bits per heavy atom. The Morgan fingerprint density at radius 3 is 1.92 bits per heavy atom. The van der Waals surface area contributed by atoms with Crippen LogP contribution in [0.3, 0.4) is 0 Å². The lowest BCUT2D eigenvalue weighted by Crippen LogP contribution is -2.29. The van der Waals surface area contributed by atoms with E-state index in [0.717, 1.165) is 34.6 Å². The van der Waals surface area contributed by atoms with E-state index in [1.54, 1.807) is 14.2 Å². The molecule has 36 heavy (non-hydrogen) atoms. The topological polar surface area (TPSA) is 46.9 Å². The zero-order chi connectivity index (χ0) is 25.7. The van der Waals surface area contributed by atoms with Crippen molar-refractivity contribution in [3.8, 4) is 11.5 Å². The minimum absolute atomic E-state index is 0.458. The summed E-state index contributed by atoms with van der Waals surface area (Å²) in [5, 5.41) is 11.9. The van der Waals surface area contributed by atoms with Crippen LogP contribution in [0, 0.1) is 0 Å². The SMILES string of the molecule is CCC(=C(c1ccc(OC)cc1)c1ccc(OC)cc1)c1cn(C[C@H](O)CN(C)C)c2ccccc12. The zero-order valence-corrected chi connectivity index (χ0v) is 21.9. The van der Waals surface area contributed by atoms with Crippen molar-refractivity contribution in [2.24, 2.45) is 0 Å². The average Bonchev–Trinajstić information content (AvgIpc) is 3.24. The molecule has 0 aliphatic heterocycles. The van der Waals surface area contributed by atoms with Crippen molar-refractivity contribution in [2.75, 3.05) is 34.9 Å². The molecule has 1 aromatic heterocycles. The number of benzene rings is 3. The molecule has 0 aliphatic carbocycles. The summed E-state index contributed by atoms with van der Waals surface area (Å²) in [6, 6.07) is 25.0. The van der Waals surface area contributed by atoms with Gasteiger partial charge in [0.15, 0.2) is 0 Å². The van der Waals surface area contributed by atoms with Crippen LogP contribution in [0.2, 0.25) is 0 Å². The molecule has 0 saturated heterocycles. The number of ether oxygens (including phenoxy) is 2. The first-order chi connectivity index (χ1) is 17.4. The molecule has 0 saturated carbocycles. The number of allylic oxidation sites excluding steroid dienone is 1. The van der Waals surface area contributed by atoms with E-state index in [1.807, 2.05) is 43.3 Å². The van der Waals surface area contributed by atoms with Crippen LogP contribution in [0.4, 0.5) is 0 Å². The number of methoxy groups -OCH3 is 2.